The van der Waals surface area contributed by atoms with E-state index in [0.717, 1.165) is 37.2 Å². The van der Waals surface area contributed by atoms with Crippen molar-refractivity contribution < 1.29 is 0 Å². The van der Waals surface area contributed by atoms with E-state index in [1.807, 2.05) is 18.5 Å². The lowest BCUT2D eigenvalue weighted by Gasteiger charge is -2.24. The van der Waals surface area contributed by atoms with Gasteiger partial charge in [-0.1, -0.05) is 6.92 Å². The van der Waals surface area contributed by atoms with Gasteiger partial charge in [0.2, 0.25) is 0 Å². The molecule has 3 heterocycles. The summed E-state index contributed by atoms with van der Waals surface area (Å²) in [5.41, 5.74) is 0. The van der Waals surface area contributed by atoms with E-state index in [0.29, 0.717) is 17.8 Å². The van der Waals surface area contributed by atoms with Gasteiger partial charge in [-0.05, 0) is 51.4 Å². The number of guanidine groups is 1. The largest absolute Gasteiger partial charge is 0.355 e. The maximum absolute atomic E-state index is 4.78. The molecule has 0 amide bonds. The molecule has 0 saturated carbocycles. The van der Waals surface area contributed by atoms with Crippen LogP contribution in [0.15, 0.2) is 4.99 Å². The molecule has 2 aliphatic rings. The second-order valence-corrected chi connectivity index (χ2v) is 8.62. The topological polar surface area (TPSA) is 70.4 Å². The number of thioether (sulfide) groups is 1. The van der Waals surface area contributed by atoms with Crippen molar-refractivity contribution in [2.75, 3.05) is 31.9 Å². The number of aliphatic imine (C=N–C) groups is 1. The molecule has 3 rings (SSSR count). The molecule has 0 bridgehead atoms. The molecule has 0 radical (unpaired) electrons. The lowest BCUT2D eigenvalue weighted by Crippen LogP contribution is -2.46. The van der Waals surface area contributed by atoms with Crippen LogP contribution in [0.3, 0.4) is 0 Å². The van der Waals surface area contributed by atoms with Crippen LogP contribution in [0.4, 0.5) is 0 Å². The van der Waals surface area contributed by atoms with Crippen molar-refractivity contribution in [3.05, 3.63) is 11.6 Å². The molecule has 2 atom stereocenters. The van der Waals surface area contributed by atoms with Gasteiger partial charge in [0.15, 0.2) is 11.8 Å². The normalized spacial score (nSPS) is 23.4. The standard InChI is InChI=1S/C18H33N7S.HI/c1-4-25-9-5-7-15(25)11-19-18(20-12-16-8-6-10-26-16)21-13-17-23-22-14(2)24(17)3;/h15-16H,4-13H2,1-3H3,(H2,19,20,21);1H. The highest BCUT2D eigenvalue weighted by Gasteiger charge is 2.23. The first-order chi connectivity index (χ1) is 12.7. The van der Waals surface area contributed by atoms with Crippen LogP contribution in [-0.2, 0) is 13.6 Å². The highest BCUT2D eigenvalue weighted by atomic mass is 127. The maximum Gasteiger partial charge on any atom is 0.191 e. The fourth-order valence-electron chi connectivity index (χ4n) is 3.69. The summed E-state index contributed by atoms with van der Waals surface area (Å²) >= 11 is 2.07. The van der Waals surface area contributed by atoms with Gasteiger partial charge < -0.3 is 15.2 Å². The smallest absolute Gasteiger partial charge is 0.191 e. The Morgan fingerprint density at radius 2 is 2.04 bits per heavy atom. The number of nitrogens with one attached hydrogen (secondary N) is 2. The third-order valence-corrected chi connectivity index (χ3v) is 6.89. The molecule has 2 fully saturated rings. The number of rotatable bonds is 7. The summed E-state index contributed by atoms with van der Waals surface area (Å²) < 4.78 is 2.00. The van der Waals surface area contributed by atoms with E-state index >= 15 is 0 Å². The third-order valence-electron chi connectivity index (χ3n) is 5.49. The van der Waals surface area contributed by atoms with Gasteiger partial charge in [-0.15, -0.1) is 34.2 Å². The number of halogens is 1. The first-order valence-corrected chi connectivity index (χ1v) is 10.9. The summed E-state index contributed by atoms with van der Waals surface area (Å²) in [5.74, 6) is 4.01. The summed E-state index contributed by atoms with van der Waals surface area (Å²) in [5, 5.41) is 16.2. The van der Waals surface area contributed by atoms with Crippen molar-refractivity contribution >= 4 is 41.7 Å². The molecule has 2 aliphatic heterocycles. The number of likely N-dealkylation sites (tertiary alicyclic amines) is 1. The molecule has 0 spiro atoms. The number of aromatic nitrogens is 3. The van der Waals surface area contributed by atoms with Crippen LogP contribution in [0.5, 0.6) is 0 Å². The molecule has 0 aromatic carbocycles. The summed E-state index contributed by atoms with van der Waals surface area (Å²) in [6.07, 6.45) is 5.22. The Morgan fingerprint density at radius 1 is 1.22 bits per heavy atom. The zero-order chi connectivity index (χ0) is 18.4. The Morgan fingerprint density at radius 3 is 2.70 bits per heavy atom. The van der Waals surface area contributed by atoms with E-state index in [1.165, 1.54) is 38.0 Å². The van der Waals surface area contributed by atoms with Crippen LogP contribution in [0.25, 0.3) is 0 Å². The average Bonchev–Trinajstić information content (AvgIpc) is 3.38. The zero-order valence-corrected chi connectivity index (χ0v) is 19.9. The Kier molecular flexibility index (Phi) is 9.64. The Labute approximate surface area is 184 Å². The molecule has 2 unspecified atom stereocenters. The second kappa shape index (κ2) is 11.5. The fourth-order valence-corrected chi connectivity index (χ4v) is 4.89. The lowest BCUT2D eigenvalue weighted by molar-refractivity contribution is 0.267. The quantitative estimate of drug-likeness (QED) is 0.335. The first kappa shape index (κ1) is 22.7. The molecule has 0 aliphatic carbocycles. The van der Waals surface area contributed by atoms with Gasteiger partial charge in [-0.3, -0.25) is 4.90 Å². The van der Waals surface area contributed by atoms with Gasteiger partial charge in [0.05, 0.1) is 0 Å². The Balaban J connectivity index is 0.00000261. The third kappa shape index (κ3) is 6.49. The van der Waals surface area contributed by atoms with Crippen LogP contribution in [0.2, 0.25) is 0 Å². The van der Waals surface area contributed by atoms with Crippen LogP contribution in [0.1, 0.15) is 44.3 Å². The average molecular weight is 507 g/mol. The zero-order valence-electron chi connectivity index (χ0n) is 16.8. The molecule has 154 valence electrons. The van der Waals surface area contributed by atoms with E-state index in [1.54, 1.807) is 0 Å². The van der Waals surface area contributed by atoms with Gasteiger partial charge in [0, 0.05) is 31.4 Å². The van der Waals surface area contributed by atoms with Gasteiger partial charge in [-0.25, -0.2) is 4.99 Å². The molecule has 1 aromatic rings. The minimum atomic E-state index is 0. The summed E-state index contributed by atoms with van der Waals surface area (Å²) in [4.78, 5) is 7.34. The lowest BCUT2D eigenvalue weighted by atomic mass is 10.2. The minimum absolute atomic E-state index is 0. The molecular weight excluding hydrogens is 473 g/mol. The highest BCUT2D eigenvalue weighted by Crippen LogP contribution is 2.25. The van der Waals surface area contributed by atoms with Gasteiger partial charge in [0.1, 0.15) is 12.4 Å². The van der Waals surface area contributed by atoms with Crippen molar-refractivity contribution in [2.24, 2.45) is 12.0 Å². The molecule has 2 saturated heterocycles. The number of likely N-dealkylation sites (N-methyl/N-ethyl adjacent to an activating group) is 1. The summed E-state index contributed by atoms with van der Waals surface area (Å²) in [6.45, 7) is 9.05. The van der Waals surface area contributed by atoms with Gasteiger partial charge >= 0.3 is 0 Å². The molecule has 27 heavy (non-hydrogen) atoms. The van der Waals surface area contributed by atoms with Gasteiger partial charge in [0.25, 0.3) is 0 Å². The number of hydrogen-bond donors (Lipinski definition) is 2. The SMILES string of the molecule is CCN1CCCC1CNC(=NCc1nnc(C)n1C)NCC1CCCS1.I. The van der Waals surface area contributed by atoms with Crippen molar-refractivity contribution in [1.29, 1.82) is 0 Å². The molecule has 1 aromatic heterocycles. The first-order valence-electron chi connectivity index (χ1n) is 9.90. The fraction of sp³-hybridized carbons (Fsp3) is 0.833. The van der Waals surface area contributed by atoms with Crippen molar-refractivity contribution in [2.45, 2.75) is 57.4 Å². The van der Waals surface area contributed by atoms with E-state index in [-0.39, 0.29) is 24.0 Å². The van der Waals surface area contributed by atoms with Crippen molar-refractivity contribution in [3.8, 4) is 0 Å². The molecule has 2 N–H and O–H groups in total. The van der Waals surface area contributed by atoms with E-state index in [4.69, 9.17) is 4.99 Å². The van der Waals surface area contributed by atoms with Gasteiger partial charge in [-0.2, -0.15) is 11.8 Å². The molecule has 7 nitrogen and oxygen atoms in total. The van der Waals surface area contributed by atoms with Crippen molar-refractivity contribution in [1.82, 2.24) is 30.3 Å². The summed E-state index contributed by atoms with van der Waals surface area (Å²) in [6, 6.07) is 0.616. The van der Waals surface area contributed by atoms with Crippen LogP contribution < -0.4 is 10.6 Å². The predicted octanol–water partition coefficient (Wildman–Crippen LogP) is 2.16. The monoisotopic (exact) mass is 507 g/mol. The maximum atomic E-state index is 4.78. The van der Waals surface area contributed by atoms with Crippen LogP contribution in [0, 0.1) is 6.92 Å². The highest BCUT2D eigenvalue weighted by molar-refractivity contribution is 14.0. The van der Waals surface area contributed by atoms with Crippen LogP contribution >= 0.6 is 35.7 Å². The van der Waals surface area contributed by atoms with Crippen molar-refractivity contribution in [3.63, 3.8) is 0 Å². The summed E-state index contributed by atoms with van der Waals surface area (Å²) in [7, 11) is 1.99. The number of hydrogen-bond acceptors (Lipinski definition) is 5. The Hall–Kier alpha value is -0.550. The molecule has 9 heteroatoms. The number of aryl methyl sites for hydroxylation is 1. The van der Waals surface area contributed by atoms with E-state index in [9.17, 15) is 0 Å². The second-order valence-electron chi connectivity index (χ2n) is 7.21. The Bertz CT molecular complexity index is 601. The van der Waals surface area contributed by atoms with E-state index in [2.05, 4.69) is 44.4 Å². The molecular formula is C18H34IN7S. The minimum Gasteiger partial charge on any atom is -0.355 e. The number of nitrogens with zero attached hydrogens (tertiary/aromatic N) is 5. The van der Waals surface area contributed by atoms with E-state index < -0.39 is 0 Å². The van der Waals surface area contributed by atoms with Crippen LogP contribution in [-0.4, -0.2) is 68.8 Å². The predicted molar refractivity (Wildman–Crippen MR) is 124 cm³/mol.